The summed E-state index contributed by atoms with van der Waals surface area (Å²) < 4.78 is 3.04. The number of nitrogens with zero attached hydrogens (tertiary/aromatic N) is 2. The number of carbonyl (C=O) groups excluding carboxylic acids is 2. The number of pyridine rings is 2. The van der Waals surface area contributed by atoms with Crippen molar-refractivity contribution in [2.45, 2.75) is 53.6 Å². The predicted molar refractivity (Wildman–Crippen MR) is 125 cm³/mol. The number of nitrogens with one attached hydrogen (secondary N) is 1. The number of nitrogens with two attached hydrogens (primary N) is 2. The largest absolute Gasteiger partial charge is 0.503 e. The van der Waals surface area contributed by atoms with Crippen LogP contribution in [0.15, 0.2) is 9.59 Å². The van der Waals surface area contributed by atoms with Crippen molar-refractivity contribution >= 4 is 23.2 Å². The average Bonchev–Trinajstić information content (AvgIpc) is 2.75. The molecule has 180 valence electrons. The van der Waals surface area contributed by atoms with Crippen molar-refractivity contribution in [3.63, 3.8) is 0 Å². The number of aromatic hydroxyl groups is 2. The second-order valence-electron chi connectivity index (χ2n) is 7.80. The number of Topliss-reactive ketones (excluding diaryl/α,β-unsaturated/α-hetero) is 2. The van der Waals surface area contributed by atoms with E-state index in [4.69, 9.17) is 11.5 Å². The third-order valence-electron chi connectivity index (χ3n) is 5.51. The molecule has 2 rings (SSSR count). The van der Waals surface area contributed by atoms with Crippen LogP contribution < -0.4 is 27.6 Å². The molecule has 7 N–H and O–H groups in total. The summed E-state index contributed by atoms with van der Waals surface area (Å²) in [6.45, 7) is 6.49. The lowest BCUT2D eigenvalue weighted by atomic mass is 10.1. The highest BCUT2D eigenvalue weighted by Gasteiger charge is 2.27. The Labute approximate surface area is 190 Å². The van der Waals surface area contributed by atoms with E-state index in [0.717, 1.165) is 0 Å². The van der Waals surface area contributed by atoms with Gasteiger partial charge < -0.3 is 36.1 Å². The third-order valence-corrected chi connectivity index (χ3v) is 5.51. The third kappa shape index (κ3) is 4.83. The number of ketones is 2. The summed E-state index contributed by atoms with van der Waals surface area (Å²) in [5.41, 5.74) is 9.26. The van der Waals surface area contributed by atoms with Crippen LogP contribution in [0.4, 0.5) is 11.6 Å². The molecule has 0 fully saturated rings. The van der Waals surface area contributed by atoms with Gasteiger partial charge in [0.2, 0.25) is 10.9 Å². The van der Waals surface area contributed by atoms with Gasteiger partial charge in [-0.05, 0) is 53.6 Å². The lowest BCUT2D eigenvalue weighted by molar-refractivity contribution is 0.100. The Bertz CT molecular complexity index is 1120. The van der Waals surface area contributed by atoms with Gasteiger partial charge in [0, 0.05) is 13.1 Å². The van der Waals surface area contributed by atoms with Crippen LogP contribution in [0.25, 0.3) is 0 Å². The number of carbonyl (C=O) groups is 2. The van der Waals surface area contributed by atoms with Crippen LogP contribution >= 0.6 is 0 Å². The van der Waals surface area contributed by atoms with Crippen LogP contribution in [0.5, 0.6) is 11.5 Å². The average molecular weight is 462 g/mol. The van der Waals surface area contributed by atoms with E-state index in [1.54, 1.807) is 0 Å². The predicted octanol–water partition coefficient (Wildman–Crippen LogP) is 0.884. The molecule has 0 saturated heterocycles. The van der Waals surface area contributed by atoms with Crippen LogP contribution in [-0.4, -0.2) is 44.0 Å². The smallest absolute Gasteiger partial charge is 0.236 e. The molecule has 0 amide bonds. The normalized spacial score (nSPS) is 11.0. The van der Waals surface area contributed by atoms with E-state index in [9.17, 15) is 29.4 Å². The van der Waals surface area contributed by atoms with E-state index >= 15 is 0 Å². The molecule has 33 heavy (non-hydrogen) atoms. The minimum atomic E-state index is -0.873. The number of anilines is 2. The summed E-state index contributed by atoms with van der Waals surface area (Å²) in [5, 5.41) is 23.6. The Hall–Kier alpha value is -3.44. The quantitative estimate of drug-likeness (QED) is 0.321. The van der Waals surface area contributed by atoms with Crippen molar-refractivity contribution < 1.29 is 19.8 Å². The van der Waals surface area contributed by atoms with Gasteiger partial charge in [0.1, 0.15) is 22.8 Å². The highest BCUT2D eigenvalue weighted by Crippen LogP contribution is 2.29. The zero-order valence-corrected chi connectivity index (χ0v) is 19.3. The fourth-order valence-corrected chi connectivity index (χ4v) is 3.72. The molecular formula is C22H31N5O6. The second kappa shape index (κ2) is 10.5. The molecule has 11 heteroatoms. The molecule has 0 aliphatic carbocycles. The molecule has 0 radical (unpaired) electrons. The summed E-state index contributed by atoms with van der Waals surface area (Å²) in [6, 6.07) is 0. The fourth-order valence-electron chi connectivity index (χ4n) is 3.72. The van der Waals surface area contributed by atoms with E-state index in [-0.39, 0.29) is 47.2 Å². The number of hydrogen-bond donors (Lipinski definition) is 5. The molecule has 11 nitrogen and oxygen atoms in total. The molecule has 0 atom stereocenters. The van der Waals surface area contributed by atoms with Crippen molar-refractivity contribution in [2.24, 2.45) is 11.5 Å². The Morgan fingerprint density at radius 3 is 1.39 bits per heavy atom. The fraction of sp³-hybridized carbons (Fsp3) is 0.455. The minimum absolute atomic E-state index is 0.0183. The zero-order valence-electron chi connectivity index (χ0n) is 19.3. The maximum absolute atomic E-state index is 12.8. The molecule has 2 heterocycles. The van der Waals surface area contributed by atoms with Crippen molar-refractivity contribution in [3.8, 4) is 11.5 Å². The molecule has 0 saturated carbocycles. The first-order valence-electron chi connectivity index (χ1n) is 10.6. The standard InChI is InChI=1S/C22H31N5O6/c1-11-17(30)19(32)15(13(3)28)21(26(11)9-5-7-23)25-22-16(14(4)29)20(33)18(31)12(2)27(22)10-6-8-24/h25,30-31H,5-10,23-24H2,1-4H3. The van der Waals surface area contributed by atoms with Gasteiger partial charge >= 0.3 is 0 Å². The Kier molecular flexibility index (Phi) is 8.18. The molecule has 2 aromatic heterocycles. The van der Waals surface area contributed by atoms with E-state index in [2.05, 4.69) is 5.32 Å². The monoisotopic (exact) mass is 461 g/mol. The molecular weight excluding hydrogens is 430 g/mol. The Morgan fingerprint density at radius 1 is 0.788 bits per heavy atom. The van der Waals surface area contributed by atoms with E-state index in [1.807, 2.05) is 0 Å². The highest BCUT2D eigenvalue weighted by atomic mass is 16.3. The van der Waals surface area contributed by atoms with Gasteiger partial charge in [-0.1, -0.05) is 0 Å². The molecule has 0 aliphatic rings. The first-order chi connectivity index (χ1) is 15.5. The summed E-state index contributed by atoms with van der Waals surface area (Å²) in [7, 11) is 0. The lowest BCUT2D eigenvalue weighted by Crippen LogP contribution is -2.28. The highest BCUT2D eigenvalue weighted by molar-refractivity contribution is 6.02. The van der Waals surface area contributed by atoms with Gasteiger partial charge in [-0.2, -0.15) is 0 Å². The van der Waals surface area contributed by atoms with Crippen LogP contribution in [-0.2, 0) is 13.1 Å². The molecule has 0 unspecified atom stereocenters. The number of hydrogen-bond acceptors (Lipinski definition) is 9. The topological polar surface area (TPSA) is 183 Å². The molecule has 0 bridgehead atoms. The summed E-state index contributed by atoms with van der Waals surface area (Å²) >= 11 is 0. The molecule has 0 spiro atoms. The summed E-state index contributed by atoms with van der Waals surface area (Å²) in [4.78, 5) is 50.5. The maximum Gasteiger partial charge on any atom is 0.236 e. The number of rotatable bonds is 10. The SMILES string of the molecule is CC(=O)c1c(Nc2c(C(C)=O)c(=O)c(O)c(C)n2CCCN)n(CCCN)c(C)c(O)c1=O. The van der Waals surface area contributed by atoms with Gasteiger partial charge in [-0.3, -0.25) is 19.2 Å². The maximum atomic E-state index is 12.8. The number of aromatic nitrogens is 2. The van der Waals surface area contributed by atoms with Gasteiger partial charge in [0.25, 0.3) is 0 Å². The Morgan fingerprint density at radius 2 is 1.12 bits per heavy atom. The van der Waals surface area contributed by atoms with Crippen LogP contribution in [0.1, 0.15) is 58.8 Å². The van der Waals surface area contributed by atoms with Gasteiger partial charge in [0.05, 0.1) is 11.4 Å². The zero-order chi connectivity index (χ0) is 25.0. The van der Waals surface area contributed by atoms with Crippen molar-refractivity contribution in [3.05, 3.63) is 43.0 Å². The van der Waals surface area contributed by atoms with E-state index < -0.39 is 33.9 Å². The lowest BCUT2D eigenvalue weighted by Gasteiger charge is -2.25. The minimum Gasteiger partial charge on any atom is -0.503 e. The summed E-state index contributed by atoms with van der Waals surface area (Å²) in [5.74, 6) is -2.34. The summed E-state index contributed by atoms with van der Waals surface area (Å²) in [6.07, 6.45) is 0.923. The van der Waals surface area contributed by atoms with E-state index in [1.165, 1.54) is 36.8 Å². The Balaban J connectivity index is 3.00. The van der Waals surface area contributed by atoms with Gasteiger partial charge in [0.15, 0.2) is 23.1 Å². The van der Waals surface area contributed by atoms with Crippen LogP contribution in [0, 0.1) is 13.8 Å². The second-order valence-corrected chi connectivity index (χ2v) is 7.80. The van der Waals surface area contributed by atoms with Crippen molar-refractivity contribution in [1.82, 2.24) is 9.13 Å². The van der Waals surface area contributed by atoms with Crippen molar-refractivity contribution in [2.75, 3.05) is 18.4 Å². The molecule has 0 aromatic carbocycles. The molecule has 0 aliphatic heterocycles. The van der Waals surface area contributed by atoms with Crippen LogP contribution in [0.2, 0.25) is 0 Å². The van der Waals surface area contributed by atoms with Crippen LogP contribution in [0.3, 0.4) is 0 Å². The van der Waals surface area contributed by atoms with Gasteiger partial charge in [-0.15, -0.1) is 0 Å². The van der Waals surface area contributed by atoms with E-state index in [0.29, 0.717) is 25.9 Å². The van der Waals surface area contributed by atoms with Crippen molar-refractivity contribution in [1.29, 1.82) is 0 Å². The first kappa shape index (κ1) is 25.8. The first-order valence-corrected chi connectivity index (χ1v) is 10.6. The van der Waals surface area contributed by atoms with Gasteiger partial charge in [-0.25, -0.2) is 0 Å². The molecule has 2 aromatic rings.